The predicted molar refractivity (Wildman–Crippen MR) is 85.6 cm³/mol. The maximum Gasteiger partial charge on any atom is 0.222 e. The Morgan fingerprint density at radius 1 is 1.33 bits per heavy atom. The van der Waals surface area contributed by atoms with Crippen LogP contribution in [0.3, 0.4) is 0 Å². The summed E-state index contributed by atoms with van der Waals surface area (Å²) in [6.45, 7) is 3.64. The molecule has 7 heteroatoms. The molecule has 1 unspecified atom stereocenters. The maximum atomic E-state index is 13.1. The fraction of sp³-hybridized carbons (Fsp3) is 0.588. The summed E-state index contributed by atoms with van der Waals surface area (Å²) in [6, 6.07) is 3.64. The third-order valence-corrected chi connectivity index (χ3v) is 4.09. The number of aliphatic hydroxyl groups is 1. The van der Waals surface area contributed by atoms with Crippen molar-refractivity contribution in [2.75, 3.05) is 46.4 Å². The number of β-amino-alcohol motifs (C(OH)–C–C–N with tert-alkyl or cyclic N) is 1. The number of hydrogen-bond acceptors (Lipinski definition) is 4. The fourth-order valence-corrected chi connectivity index (χ4v) is 2.69. The molecule has 0 aliphatic carbocycles. The second kappa shape index (κ2) is 9.05. The third-order valence-electron chi connectivity index (χ3n) is 4.09. The van der Waals surface area contributed by atoms with E-state index >= 15 is 0 Å². The minimum absolute atomic E-state index is 0.138. The lowest BCUT2D eigenvalue weighted by molar-refractivity contribution is -0.131. The van der Waals surface area contributed by atoms with Crippen LogP contribution < -0.4 is 0 Å². The predicted octanol–water partition coefficient (Wildman–Crippen LogP) is 1.05. The quantitative estimate of drug-likeness (QED) is 0.805. The van der Waals surface area contributed by atoms with Crippen molar-refractivity contribution in [2.45, 2.75) is 18.9 Å². The highest BCUT2D eigenvalue weighted by atomic mass is 19.2. The Kier molecular flexibility index (Phi) is 7.08. The number of hydrogen-bond donors (Lipinski definition) is 1. The topological polar surface area (TPSA) is 53.0 Å². The number of carbonyl (C=O) groups is 1. The molecule has 1 amide bonds. The van der Waals surface area contributed by atoms with Crippen molar-refractivity contribution in [3.8, 4) is 0 Å². The zero-order valence-corrected chi connectivity index (χ0v) is 13.9. The van der Waals surface area contributed by atoms with Crippen molar-refractivity contribution in [1.82, 2.24) is 9.80 Å². The van der Waals surface area contributed by atoms with Gasteiger partial charge in [0.2, 0.25) is 5.91 Å². The number of aryl methyl sites for hydroxylation is 1. The number of morpholine rings is 1. The van der Waals surface area contributed by atoms with Crippen LogP contribution in [0.2, 0.25) is 0 Å². The molecule has 2 rings (SSSR count). The molecule has 1 heterocycles. The number of likely N-dealkylation sites (N-methyl/N-ethyl adjacent to an activating group) is 1. The number of ether oxygens (including phenoxy) is 1. The first kappa shape index (κ1) is 18.8. The van der Waals surface area contributed by atoms with E-state index in [1.165, 1.54) is 11.0 Å². The van der Waals surface area contributed by atoms with Crippen LogP contribution in [0.1, 0.15) is 12.0 Å². The van der Waals surface area contributed by atoms with Gasteiger partial charge in [-0.1, -0.05) is 6.07 Å². The van der Waals surface area contributed by atoms with Gasteiger partial charge in [0.1, 0.15) is 0 Å². The first-order chi connectivity index (χ1) is 11.5. The lowest BCUT2D eigenvalue weighted by atomic mass is 10.1. The maximum absolute atomic E-state index is 13.1. The van der Waals surface area contributed by atoms with Crippen molar-refractivity contribution in [3.05, 3.63) is 35.4 Å². The molecule has 24 heavy (non-hydrogen) atoms. The van der Waals surface area contributed by atoms with Gasteiger partial charge in [0.05, 0.1) is 19.3 Å². The van der Waals surface area contributed by atoms with Crippen molar-refractivity contribution in [2.24, 2.45) is 0 Å². The summed E-state index contributed by atoms with van der Waals surface area (Å²) < 4.78 is 31.3. The lowest BCUT2D eigenvalue weighted by Crippen LogP contribution is -2.45. The zero-order chi connectivity index (χ0) is 17.5. The number of aliphatic hydroxyl groups excluding tert-OH is 1. The van der Waals surface area contributed by atoms with Gasteiger partial charge >= 0.3 is 0 Å². The molecule has 0 radical (unpaired) electrons. The van der Waals surface area contributed by atoms with Gasteiger partial charge in [-0.15, -0.1) is 0 Å². The van der Waals surface area contributed by atoms with Gasteiger partial charge in [-0.2, -0.15) is 0 Å². The number of carbonyl (C=O) groups excluding carboxylic acids is 1. The van der Waals surface area contributed by atoms with E-state index in [4.69, 9.17) is 4.74 Å². The minimum Gasteiger partial charge on any atom is -0.390 e. The van der Waals surface area contributed by atoms with Crippen LogP contribution in [0.5, 0.6) is 0 Å². The Bertz CT molecular complexity index is 551. The number of benzene rings is 1. The average Bonchev–Trinajstić information content (AvgIpc) is 2.56. The second-order valence-corrected chi connectivity index (χ2v) is 6.09. The molecule has 0 spiro atoms. The van der Waals surface area contributed by atoms with E-state index in [9.17, 15) is 18.7 Å². The van der Waals surface area contributed by atoms with Crippen molar-refractivity contribution in [3.63, 3.8) is 0 Å². The molecule has 0 aromatic heterocycles. The smallest absolute Gasteiger partial charge is 0.222 e. The number of rotatable bonds is 7. The molecule has 5 nitrogen and oxygen atoms in total. The van der Waals surface area contributed by atoms with Crippen LogP contribution in [-0.4, -0.2) is 73.4 Å². The SMILES string of the molecule is CN(CC(O)CN1CCOCC1)C(=O)CCc1ccc(F)c(F)c1. The summed E-state index contributed by atoms with van der Waals surface area (Å²) in [4.78, 5) is 15.7. The molecule has 1 saturated heterocycles. The molecular formula is C17H24F2N2O3. The van der Waals surface area contributed by atoms with E-state index in [2.05, 4.69) is 4.90 Å². The lowest BCUT2D eigenvalue weighted by Gasteiger charge is -2.30. The fourth-order valence-electron chi connectivity index (χ4n) is 2.69. The van der Waals surface area contributed by atoms with Crippen molar-refractivity contribution in [1.29, 1.82) is 0 Å². The Labute approximate surface area is 140 Å². The Balaban J connectivity index is 1.73. The molecule has 1 aliphatic rings. The van der Waals surface area contributed by atoms with Crippen molar-refractivity contribution < 1.29 is 23.4 Å². The highest BCUT2D eigenvalue weighted by molar-refractivity contribution is 5.76. The van der Waals surface area contributed by atoms with Gasteiger partial charge in [0.15, 0.2) is 11.6 Å². The Hall–Kier alpha value is -1.57. The Morgan fingerprint density at radius 3 is 2.71 bits per heavy atom. The van der Waals surface area contributed by atoms with Crippen LogP contribution in [0.25, 0.3) is 0 Å². The largest absolute Gasteiger partial charge is 0.390 e. The van der Waals surface area contributed by atoms with Gasteiger partial charge in [-0.05, 0) is 24.1 Å². The third kappa shape index (κ3) is 5.81. The summed E-state index contributed by atoms with van der Waals surface area (Å²) in [5, 5.41) is 10.1. The second-order valence-electron chi connectivity index (χ2n) is 6.09. The van der Waals surface area contributed by atoms with Crippen molar-refractivity contribution >= 4 is 5.91 Å². The number of halogens is 2. The molecule has 0 saturated carbocycles. The van der Waals surface area contributed by atoms with Gasteiger partial charge in [0, 0.05) is 39.6 Å². The number of nitrogens with zero attached hydrogens (tertiary/aromatic N) is 2. The summed E-state index contributed by atoms with van der Waals surface area (Å²) >= 11 is 0. The van der Waals surface area contributed by atoms with Crippen LogP contribution >= 0.6 is 0 Å². The zero-order valence-electron chi connectivity index (χ0n) is 13.9. The van der Waals surface area contributed by atoms with Gasteiger partial charge in [-0.25, -0.2) is 8.78 Å². The summed E-state index contributed by atoms with van der Waals surface area (Å²) in [5.74, 6) is -1.94. The minimum atomic E-state index is -0.908. The van der Waals surface area contributed by atoms with Crippen LogP contribution in [0, 0.1) is 11.6 Å². The highest BCUT2D eigenvalue weighted by Gasteiger charge is 2.18. The first-order valence-electron chi connectivity index (χ1n) is 8.12. The molecular weight excluding hydrogens is 318 g/mol. The van der Waals surface area contributed by atoms with E-state index in [0.717, 1.165) is 25.2 Å². The molecule has 134 valence electrons. The number of amides is 1. The summed E-state index contributed by atoms with van der Waals surface area (Å²) in [5.41, 5.74) is 0.574. The van der Waals surface area contributed by atoms with Crippen LogP contribution in [0.15, 0.2) is 18.2 Å². The first-order valence-corrected chi connectivity index (χ1v) is 8.12. The molecule has 1 atom stereocenters. The monoisotopic (exact) mass is 342 g/mol. The van der Waals surface area contributed by atoms with E-state index in [-0.39, 0.29) is 18.9 Å². The normalized spacial score (nSPS) is 16.8. The van der Waals surface area contributed by atoms with E-state index in [1.54, 1.807) is 7.05 Å². The molecule has 0 bridgehead atoms. The van der Waals surface area contributed by atoms with E-state index in [0.29, 0.717) is 31.7 Å². The van der Waals surface area contributed by atoms with E-state index in [1.807, 2.05) is 0 Å². The van der Waals surface area contributed by atoms with Gasteiger partial charge in [-0.3, -0.25) is 9.69 Å². The Morgan fingerprint density at radius 2 is 2.04 bits per heavy atom. The summed E-state index contributed by atoms with van der Waals surface area (Å²) in [6.07, 6.45) is -0.105. The van der Waals surface area contributed by atoms with E-state index < -0.39 is 17.7 Å². The van der Waals surface area contributed by atoms with Gasteiger partial charge in [0.25, 0.3) is 0 Å². The van der Waals surface area contributed by atoms with Crippen LogP contribution in [-0.2, 0) is 16.0 Å². The molecule has 1 N–H and O–H groups in total. The molecule has 1 aromatic carbocycles. The standard InChI is InChI=1S/C17H24F2N2O3/c1-20(11-14(22)12-21-6-8-24-9-7-21)17(23)5-3-13-2-4-15(18)16(19)10-13/h2,4,10,14,22H,3,5-9,11-12H2,1H3. The average molecular weight is 342 g/mol. The molecule has 1 aromatic rings. The highest BCUT2D eigenvalue weighted by Crippen LogP contribution is 2.11. The molecule has 1 aliphatic heterocycles. The summed E-state index contributed by atoms with van der Waals surface area (Å²) in [7, 11) is 1.64. The van der Waals surface area contributed by atoms with Gasteiger partial charge < -0.3 is 14.7 Å². The molecule has 1 fully saturated rings. The van der Waals surface area contributed by atoms with Crippen LogP contribution in [0.4, 0.5) is 8.78 Å².